The number of hydrogen-bond donors (Lipinski definition) is 1. The van der Waals surface area contributed by atoms with Gasteiger partial charge in [0, 0.05) is 12.1 Å². The molecule has 112 valence electrons. The van der Waals surface area contributed by atoms with Gasteiger partial charge in [-0.1, -0.05) is 30.7 Å². The van der Waals surface area contributed by atoms with E-state index in [1.807, 2.05) is 0 Å². The molecule has 2 rings (SSSR count). The summed E-state index contributed by atoms with van der Waals surface area (Å²) < 4.78 is 6.21. The molecule has 2 aromatic rings. The third kappa shape index (κ3) is 3.85. The predicted octanol–water partition coefficient (Wildman–Crippen LogP) is 4.82. The van der Waals surface area contributed by atoms with E-state index < -0.39 is 0 Å². The van der Waals surface area contributed by atoms with E-state index in [-0.39, 0.29) is 0 Å². The van der Waals surface area contributed by atoms with E-state index >= 15 is 0 Å². The van der Waals surface area contributed by atoms with Crippen LogP contribution in [0.15, 0.2) is 30.3 Å². The van der Waals surface area contributed by atoms with Gasteiger partial charge in [0.15, 0.2) is 0 Å². The van der Waals surface area contributed by atoms with Gasteiger partial charge < -0.3 is 10.1 Å². The summed E-state index contributed by atoms with van der Waals surface area (Å²) in [6.07, 6.45) is 0. The molecule has 0 bridgehead atoms. The van der Waals surface area contributed by atoms with Crippen LogP contribution in [-0.4, -0.2) is 6.54 Å². The minimum atomic E-state index is 0.831. The van der Waals surface area contributed by atoms with Gasteiger partial charge in [-0.2, -0.15) is 0 Å². The minimum absolute atomic E-state index is 0.831. The van der Waals surface area contributed by atoms with Crippen molar-refractivity contribution in [3.8, 4) is 11.5 Å². The van der Waals surface area contributed by atoms with Gasteiger partial charge in [-0.25, -0.2) is 0 Å². The third-order valence-corrected chi connectivity index (χ3v) is 3.77. The highest BCUT2D eigenvalue weighted by molar-refractivity contribution is 5.46. The molecule has 0 aliphatic heterocycles. The predicted molar refractivity (Wildman–Crippen MR) is 89.3 cm³/mol. The number of nitrogens with one attached hydrogen (secondary N) is 1. The molecule has 2 aromatic carbocycles. The maximum atomic E-state index is 6.21. The van der Waals surface area contributed by atoms with Crippen molar-refractivity contribution in [1.29, 1.82) is 0 Å². The highest BCUT2D eigenvalue weighted by atomic mass is 16.5. The number of benzene rings is 2. The highest BCUT2D eigenvalue weighted by Crippen LogP contribution is 2.31. The molecule has 1 N–H and O–H groups in total. The largest absolute Gasteiger partial charge is 0.457 e. The molecule has 0 atom stereocenters. The molecule has 21 heavy (non-hydrogen) atoms. The topological polar surface area (TPSA) is 21.3 Å². The summed E-state index contributed by atoms with van der Waals surface area (Å²) in [5.41, 5.74) is 6.16. The monoisotopic (exact) mass is 283 g/mol. The zero-order valence-electron chi connectivity index (χ0n) is 13.7. The van der Waals surface area contributed by atoms with E-state index in [2.05, 4.69) is 70.3 Å². The van der Waals surface area contributed by atoms with Crippen molar-refractivity contribution in [2.24, 2.45) is 0 Å². The molecule has 0 heterocycles. The molecule has 0 amide bonds. The van der Waals surface area contributed by atoms with Gasteiger partial charge in [-0.15, -0.1) is 0 Å². The lowest BCUT2D eigenvalue weighted by Crippen LogP contribution is -2.12. The van der Waals surface area contributed by atoms with Gasteiger partial charge in [0.1, 0.15) is 11.5 Å². The Kier molecular flexibility index (Phi) is 5.03. The van der Waals surface area contributed by atoms with E-state index in [4.69, 9.17) is 4.74 Å². The second-order valence-corrected chi connectivity index (χ2v) is 5.70. The van der Waals surface area contributed by atoms with Crippen LogP contribution in [0.5, 0.6) is 11.5 Å². The van der Waals surface area contributed by atoms with Gasteiger partial charge in [0.25, 0.3) is 0 Å². The van der Waals surface area contributed by atoms with Crippen molar-refractivity contribution >= 4 is 0 Å². The van der Waals surface area contributed by atoms with Crippen LogP contribution in [0.1, 0.15) is 34.7 Å². The highest BCUT2D eigenvalue weighted by Gasteiger charge is 2.09. The molecule has 0 saturated heterocycles. The SMILES string of the molecule is CCNCc1cc(C)ccc1Oc1cc(C)cc(C)c1C. The molecule has 2 heteroatoms. The average molecular weight is 283 g/mol. The Morgan fingerprint density at radius 1 is 0.905 bits per heavy atom. The second kappa shape index (κ2) is 6.77. The first kappa shape index (κ1) is 15.6. The zero-order valence-corrected chi connectivity index (χ0v) is 13.7. The van der Waals surface area contributed by atoms with Crippen molar-refractivity contribution in [2.75, 3.05) is 6.54 Å². The number of hydrogen-bond acceptors (Lipinski definition) is 2. The summed E-state index contributed by atoms with van der Waals surface area (Å²) in [6, 6.07) is 10.7. The lowest BCUT2D eigenvalue weighted by atomic mass is 10.1. The maximum Gasteiger partial charge on any atom is 0.131 e. The van der Waals surface area contributed by atoms with E-state index in [1.165, 1.54) is 27.8 Å². The summed E-state index contributed by atoms with van der Waals surface area (Å²) >= 11 is 0. The van der Waals surface area contributed by atoms with Gasteiger partial charge in [0.2, 0.25) is 0 Å². The lowest BCUT2D eigenvalue weighted by molar-refractivity contribution is 0.468. The van der Waals surface area contributed by atoms with Crippen LogP contribution in [0.2, 0.25) is 0 Å². The Morgan fingerprint density at radius 2 is 1.67 bits per heavy atom. The number of rotatable bonds is 5. The maximum absolute atomic E-state index is 6.21. The van der Waals surface area contributed by atoms with E-state index in [1.54, 1.807) is 0 Å². The van der Waals surface area contributed by atoms with Crippen LogP contribution >= 0.6 is 0 Å². The molecule has 0 saturated carbocycles. The quantitative estimate of drug-likeness (QED) is 0.849. The molecule has 0 aliphatic rings. The fraction of sp³-hybridized carbons (Fsp3) is 0.368. The molecule has 0 aromatic heterocycles. The Hall–Kier alpha value is -1.80. The molecule has 0 radical (unpaired) electrons. The number of aryl methyl sites for hydroxylation is 3. The van der Waals surface area contributed by atoms with Gasteiger partial charge in [0.05, 0.1) is 0 Å². The van der Waals surface area contributed by atoms with Crippen molar-refractivity contribution in [2.45, 2.75) is 41.2 Å². The summed E-state index contributed by atoms with van der Waals surface area (Å²) in [5.74, 6) is 1.89. The van der Waals surface area contributed by atoms with Crippen molar-refractivity contribution in [3.05, 3.63) is 58.1 Å². The molecular formula is C19H25NO. The fourth-order valence-electron chi connectivity index (χ4n) is 2.43. The molecule has 0 unspecified atom stereocenters. The fourth-order valence-corrected chi connectivity index (χ4v) is 2.43. The summed E-state index contributed by atoms with van der Waals surface area (Å²) in [5, 5.41) is 3.38. The second-order valence-electron chi connectivity index (χ2n) is 5.70. The Morgan fingerprint density at radius 3 is 2.38 bits per heavy atom. The van der Waals surface area contributed by atoms with Gasteiger partial charge in [-0.05, 0) is 63.1 Å². The molecular weight excluding hydrogens is 258 g/mol. The Labute approximate surface area is 128 Å². The normalized spacial score (nSPS) is 10.7. The van der Waals surface area contributed by atoms with Crippen molar-refractivity contribution in [3.63, 3.8) is 0 Å². The first-order valence-corrected chi connectivity index (χ1v) is 7.57. The van der Waals surface area contributed by atoms with Crippen LogP contribution in [0.3, 0.4) is 0 Å². The standard InChI is InChI=1S/C19H25NO/c1-6-20-12-17-10-13(2)7-8-18(17)21-19-11-14(3)9-15(4)16(19)5/h7-11,20H,6,12H2,1-5H3. The van der Waals surface area contributed by atoms with Crippen molar-refractivity contribution < 1.29 is 4.74 Å². The first-order valence-electron chi connectivity index (χ1n) is 7.57. The summed E-state index contributed by atoms with van der Waals surface area (Å²) in [7, 11) is 0. The van der Waals surface area contributed by atoms with Crippen LogP contribution < -0.4 is 10.1 Å². The molecule has 0 spiro atoms. The Balaban J connectivity index is 2.35. The van der Waals surface area contributed by atoms with E-state index in [0.29, 0.717) is 0 Å². The smallest absolute Gasteiger partial charge is 0.131 e. The van der Waals surface area contributed by atoms with Crippen LogP contribution in [0.25, 0.3) is 0 Å². The van der Waals surface area contributed by atoms with Crippen LogP contribution in [-0.2, 0) is 6.54 Å². The third-order valence-electron chi connectivity index (χ3n) is 3.77. The minimum Gasteiger partial charge on any atom is -0.457 e. The van der Waals surface area contributed by atoms with E-state index in [0.717, 1.165) is 24.6 Å². The van der Waals surface area contributed by atoms with Crippen LogP contribution in [0.4, 0.5) is 0 Å². The summed E-state index contributed by atoms with van der Waals surface area (Å²) in [6.45, 7) is 12.4. The molecule has 2 nitrogen and oxygen atoms in total. The van der Waals surface area contributed by atoms with Crippen LogP contribution in [0, 0.1) is 27.7 Å². The van der Waals surface area contributed by atoms with Crippen molar-refractivity contribution in [1.82, 2.24) is 5.32 Å². The Bertz CT molecular complexity index is 632. The van der Waals surface area contributed by atoms with Gasteiger partial charge in [-0.3, -0.25) is 0 Å². The van der Waals surface area contributed by atoms with E-state index in [9.17, 15) is 0 Å². The lowest BCUT2D eigenvalue weighted by Gasteiger charge is -2.16. The molecule has 0 aliphatic carbocycles. The van der Waals surface area contributed by atoms with Gasteiger partial charge >= 0.3 is 0 Å². The summed E-state index contributed by atoms with van der Waals surface area (Å²) in [4.78, 5) is 0. The number of ether oxygens (including phenoxy) is 1. The average Bonchev–Trinajstić information content (AvgIpc) is 2.44. The molecule has 0 fully saturated rings. The first-order chi connectivity index (χ1) is 10.0. The zero-order chi connectivity index (χ0) is 15.4.